The van der Waals surface area contributed by atoms with Crippen LogP contribution in [-0.2, 0) is 0 Å². The van der Waals surface area contributed by atoms with Crippen molar-refractivity contribution in [3.05, 3.63) is 96.1 Å². The molecule has 4 aromatic carbocycles. The molecule has 0 atom stereocenters. The van der Waals surface area contributed by atoms with Crippen LogP contribution in [0.2, 0.25) is 0 Å². The first kappa shape index (κ1) is 23.4. The molecule has 0 radical (unpaired) electrons. The summed E-state index contributed by atoms with van der Waals surface area (Å²) in [7, 11) is 3.01. The zero-order valence-electron chi connectivity index (χ0n) is 19.3. The van der Waals surface area contributed by atoms with Gasteiger partial charge in [0.15, 0.2) is 23.0 Å². The number of aromatic hydroxyl groups is 2. The van der Waals surface area contributed by atoms with E-state index < -0.39 is 0 Å². The monoisotopic (exact) mass is 468 g/mol. The van der Waals surface area contributed by atoms with Crippen LogP contribution >= 0.6 is 0 Å². The largest absolute Gasteiger partial charge is 0.504 e. The Morgan fingerprint density at radius 1 is 0.571 bits per heavy atom. The Kier molecular flexibility index (Phi) is 7.28. The van der Waals surface area contributed by atoms with E-state index in [1.54, 1.807) is 48.8 Å². The molecule has 0 unspecified atom stereocenters. The van der Waals surface area contributed by atoms with Crippen LogP contribution in [0.25, 0.3) is 0 Å². The van der Waals surface area contributed by atoms with Crippen molar-refractivity contribution >= 4 is 23.8 Å². The molecule has 0 spiro atoms. The van der Waals surface area contributed by atoms with E-state index in [-0.39, 0.29) is 11.5 Å². The molecular formula is C28H24N2O5. The molecule has 0 aromatic heterocycles. The van der Waals surface area contributed by atoms with Gasteiger partial charge in [0.1, 0.15) is 11.5 Å². The van der Waals surface area contributed by atoms with Crippen LogP contribution in [0, 0.1) is 0 Å². The normalized spacial score (nSPS) is 11.1. The minimum Gasteiger partial charge on any atom is -0.504 e. The van der Waals surface area contributed by atoms with Crippen LogP contribution in [0.5, 0.6) is 34.5 Å². The number of rotatable bonds is 8. The Balaban J connectivity index is 1.39. The average Bonchev–Trinajstić information content (AvgIpc) is 2.89. The number of phenols is 2. The molecule has 0 aliphatic carbocycles. The summed E-state index contributed by atoms with van der Waals surface area (Å²) < 4.78 is 16.1. The number of methoxy groups -OCH3 is 2. The Morgan fingerprint density at radius 3 is 1.34 bits per heavy atom. The van der Waals surface area contributed by atoms with Gasteiger partial charge < -0.3 is 24.4 Å². The molecule has 0 saturated carbocycles. The molecule has 0 fully saturated rings. The first-order chi connectivity index (χ1) is 17.1. The Bertz CT molecular complexity index is 1240. The van der Waals surface area contributed by atoms with E-state index in [2.05, 4.69) is 9.98 Å². The van der Waals surface area contributed by atoms with Crippen molar-refractivity contribution in [1.29, 1.82) is 0 Å². The van der Waals surface area contributed by atoms with Gasteiger partial charge in [0.25, 0.3) is 0 Å². The van der Waals surface area contributed by atoms with Crippen LogP contribution in [0.15, 0.2) is 94.9 Å². The molecule has 176 valence electrons. The van der Waals surface area contributed by atoms with E-state index in [1.807, 2.05) is 48.5 Å². The molecule has 2 N–H and O–H groups in total. The van der Waals surface area contributed by atoms with Gasteiger partial charge in [-0.15, -0.1) is 0 Å². The van der Waals surface area contributed by atoms with Crippen LogP contribution in [0.4, 0.5) is 11.4 Å². The number of phenolic OH excluding ortho intramolecular Hbond substituents is 2. The molecule has 0 bridgehead atoms. The van der Waals surface area contributed by atoms with E-state index in [9.17, 15) is 10.2 Å². The van der Waals surface area contributed by atoms with Gasteiger partial charge in [0.2, 0.25) is 0 Å². The number of ether oxygens (including phenoxy) is 3. The fourth-order valence-electron chi connectivity index (χ4n) is 3.24. The molecule has 7 heteroatoms. The highest BCUT2D eigenvalue weighted by molar-refractivity contribution is 5.87. The van der Waals surface area contributed by atoms with Crippen molar-refractivity contribution in [3.63, 3.8) is 0 Å². The minimum absolute atomic E-state index is 0.0479. The maximum absolute atomic E-state index is 10.2. The fourth-order valence-corrected chi connectivity index (χ4v) is 3.24. The molecule has 7 nitrogen and oxygen atoms in total. The van der Waals surface area contributed by atoms with E-state index >= 15 is 0 Å². The van der Waals surface area contributed by atoms with Gasteiger partial charge >= 0.3 is 0 Å². The van der Waals surface area contributed by atoms with Crippen molar-refractivity contribution < 1.29 is 24.4 Å². The van der Waals surface area contributed by atoms with Crippen LogP contribution in [0.3, 0.4) is 0 Å². The van der Waals surface area contributed by atoms with E-state index in [4.69, 9.17) is 14.2 Å². The third kappa shape index (κ3) is 5.78. The van der Waals surface area contributed by atoms with Gasteiger partial charge in [0, 0.05) is 23.6 Å². The van der Waals surface area contributed by atoms with Crippen molar-refractivity contribution in [2.75, 3.05) is 14.2 Å². The van der Waals surface area contributed by atoms with Crippen LogP contribution < -0.4 is 14.2 Å². The number of nitrogens with zero attached hydrogens (tertiary/aromatic N) is 2. The second kappa shape index (κ2) is 10.9. The van der Waals surface area contributed by atoms with E-state index in [0.717, 1.165) is 0 Å². The van der Waals surface area contributed by atoms with E-state index in [0.29, 0.717) is 45.5 Å². The van der Waals surface area contributed by atoms with E-state index in [1.165, 1.54) is 14.2 Å². The smallest absolute Gasteiger partial charge is 0.166 e. The zero-order valence-corrected chi connectivity index (χ0v) is 19.3. The Labute approximate surface area is 203 Å². The summed E-state index contributed by atoms with van der Waals surface area (Å²) in [5.74, 6) is 2.20. The zero-order chi connectivity index (χ0) is 24.6. The highest BCUT2D eigenvalue weighted by Gasteiger charge is 2.06. The molecule has 4 rings (SSSR count). The molecule has 0 aliphatic heterocycles. The topological polar surface area (TPSA) is 92.9 Å². The van der Waals surface area contributed by atoms with Crippen LogP contribution in [0.1, 0.15) is 11.1 Å². The molecule has 35 heavy (non-hydrogen) atoms. The lowest BCUT2D eigenvalue weighted by atomic mass is 10.2. The molecule has 0 aliphatic rings. The van der Waals surface area contributed by atoms with Crippen molar-refractivity contribution in [2.24, 2.45) is 9.98 Å². The molecular weight excluding hydrogens is 444 g/mol. The van der Waals surface area contributed by atoms with Gasteiger partial charge in [-0.3, -0.25) is 9.98 Å². The average molecular weight is 469 g/mol. The lowest BCUT2D eigenvalue weighted by Gasteiger charge is -2.07. The maximum atomic E-state index is 10.2. The number of aliphatic imine (C=N–C) groups is 2. The van der Waals surface area contributed by atoms with Crippen LogP contribution in [-0.4, -0.2) is 36.9 Å². The van der Waals surface area contributed by atoms with Gasteiger partial charge in [-0.2, -0.15) is 0 Å². The summed E-state index contributed by atoms with van der Waals surface area (Å²) in [5.41, 5.74) is 2.55. The highest BCUT2D eigenvalue weighted by Crippen LogP contribution is 2.30. The quantitative estimate of drug-likeness (QED) is 0.292. The summed E-state index contributed by atoms with van der Waals surface area (Å²) in [6.07, 6.45) is 3.16. The second-order valence-corrected chi connectivity index (χ2v) is 7.40. The first-order valence-corrected chi connectivity index (χ1v) is 10.8. The molecule has 0 saturated heterocycles. The molecule has 4 aromatic rings. The maximum Gasteiger partial charge on any atom is 0.166 e. The summed E-state index contributed by atoms with van der Waals surface area (Å²) in [6, 6.07) is 25.0. The SMILES string of the molecule is COc1cccc(C=Nc2ccc(Oc3ccc(N=Cc4cccc(OC)c4O)cc3)cc2)c1O. The number of hydrogen-bond donors (Lipinski definition) is 2. The third-order valence-electron chi connectivity index (χ3n) is 5.11. The molecule has 0 amide bonds. The van der Waals surface area contributed by atoms with Crippen molar-refractivity contribution in [1.82, 2.24) is 0 Å². The van der Waals surface area contributed by atoms with Gasteiger partial charge in [0.05, 0.1) is 25.6 Å². The van der Waals surface area contributed by atoms with Gasteiger partial charge in [-0.25, -0.2) is 0 Å². The first-order valence-electron chi connectivity index (χ1n) is 10.8. The minimum atomic E-state index is 0.0479. The number of benzene rings is 4. The number of hydrogen-bond acceptors (Lipinski definition) is 7. The predicted octanol–water partition coefficient (Wildman–Crippen LogP) is 6.41. The summed E-state index contributed by atoms with van der Waals surface area (Å²) in [6.45, 7) is 0. The Hall–Kier alpha value is -4.78. The summed E-state index contributed by atoms with van der Waals surface area (Å²) >= 11 is 0. The van der Waals surface area contributed by atoms with Gasteiger partial charge in [-0.05, 0) is 72.8 Å². The lowest BCUT2D eigenvalue weighted by Crippen LogP contribution is -1.88. The van der Waals surface area contributed by atoms with Gasteiger partial charge in [-0.1, -0.05) is 12.1 Å². The third-order valence-corrected chi connectivity index (χ3v) is 5.11. The van der Waals surface area contributed by atoms with Crippen molar-refractivity contribution in [2.45, 2.75) is 0 Å². The summed E-state index contributed by atoms with van der Waals surface area (Å²) in [5, 5.41) is 20.3. The molecule has 0 heterocycles. The fraction of sp³-hybridized carbons (Fsp3) is 0.0714. The standard InChI is InChI=1S/C28H24N2O5/c1-33-25-7-3-5-19(27(25)31)17-29-21-9-13-23(14-10-21)35-24-15-11-22(12-16-24)30-18-20-6-4-8-26(34-2)28(20)32/h3-18,31-32H,1-2H3. The predicted molar refractivity (Wildman–Crippen MR) is 137 cm³/mol. The second-order valence-electron chi connectivity index (χ2n) is 7.40. The lowest BCUT2D eigenvalue weighted by molar-refractivity contribution is 0.373. The number of para-hydroxylation sites is 2. The Morgan fingerprint density at radius 2 is 0.971 bits per heavy atom. The summed E-state index contributed by atoms with van der Waals surface area (Å²) in [4.78, 5) is 8.79. The highest BCUT2D eigenvalue weighted by atomic mass is 16.5. The van der Waals surface area contributed by atoms with Crippen molar-refractivity contribution in [3.8, 4) is 34.5 Å².